The maximum Gasteiger partial charge on any atom is 0.267 e. The van der Waals surface area contributed by atoms with Crippen molar-refractivity contribution in [3.8, 4) is 0 Å². The molecule has 2 rings (SSSR count). The van der Waals surface area contributed by atoms with Gasteiger partial charge in [-0.2, -0.15) is 0 Å². The third-order valence-corrected chi connectivity index (χ3v) is 4.32. The largest absolute Gasteiger partial charge is 0.396 e. The molecular weight excluding hydrogens is 348 g/mol. The summed E-state index contributed by atoms with van der Waals surface area (Å²) in [5.74, 6) is -0.744. The van der Waals surface area contributed by atoms with Crippen molar-refractivity contribution < 1.29 is 14.7 Å². The molecule has 6 heteroatoms. The lowest BCUT2D eigenvalue weighted by atomic mass is 10.1. The van der Waals surface area contributed by atoms with E-state index in [1.165, 1.54) is 0 Å². The van der Waals surface area contributed by atoms with Crippen molar-refractivity contribution in [1.29, 1.82) is 0 Å². The van der Waals surface area contributed by atoms with E-state index in [1.807, 2.05) is 36.6 Å². The average Bonchev–Trinajstić information content (AvgIpc) is 2.68. The van der Waals surface area contributed by atoms with Crippen molar-refractivity contribution in [2.24, 2.45) is 0 Å². The molecule has 0 unspecified atom stereocenters. The minimum absolute atomic E-state index is 0.00809. The predicted molar refractivity (Wildman–Crippen MR) is 105 cm³/mol. The zero-order valence-corrected chi connectivity index (χ0v) is 15.4. The van der Waals surface area contributed by atoms with E-state index in [0.717, 1.165) is 10.5 Å². The topological polar surface area (TPSA) is 78.4 Å². The number of nitrogens with one attached hydrogen (secondary N) is 2. The van der Waals surface area contributed by atoms with Gasteiger partial charge in [-0.3, -0.25) is 9.59 Å². The third-order valence-electron chi connectivity index (χ3n) is 3.58. The van der Waals surface area contributed by atoms with E-state index in [4.69, 9.17) is 5.11 Å². The highest BCUT2D eigenvalue weighted by molar-refractivity contribution is 7.98. The smallest absolute Gasteiger partial charge is 0.267 e. The lowest BCUT2D eigenvalue weighted by Gasteiger charge is -2.11. The number of rotatable bonds is 8. The van der Waals surface area contributed by atoms with Crippen LogP contribution in [0, 0.1) is 0 Å². The van der Waals surface area contributed by atoms with E-state index in [-0.39, 0.29) is 18.2 Å². The Labute approximate surface area is 157 Å². The molecular formula is C20H22N2O3S. The third kappa shape index (κ3) is 6.06. The first kappa shape index (κ1) is 19.8. The highest BCUT2D eigenvalue weighted by Crippen LogP contribution is 2.16. The second-order valence-electron chi connectivity index (χ2n) is 5.48. The standard InChI is InChI=1S/C20H22N2O3S/c1-26-17-10-8-15(9-11-17)14-18(20(25)21-12-5-13-23)22-19(24)16-6-3-2-4-7-16/h2-4,6-11,14,23H,5,12-13H2,1H3,(H,21,25)(H,22,24)/b18-14+. The number of hydrogen-bond acceptors (Lipinski definition) is 4. The van der Waals surface area contributed by atoms with Gasteiger partial charge in [-0.05, 0) is 48.6 Å². The van der Waals surface area contributed by atoms with Gasteiger partial charge in [0.15, 0.2) is 0 Å². The number of aliphatic hydroxyl groups excluding tert-OH is 1. The fraction of sp³-hybridized carbons (Fsp3) is 0.200. The summed E-state index contributed by atoms with van der Waals surface area (Å²) in [6, 6.07) is 16.4. The van der Waals surface area contributed by atoms with Gasteiger partial charge in [0.1, 0.15) is 5.70 Å². The SMILES string of the molecule is CSc1ccc(/C=C(/NC(=O)c2ccccc2)C(=O)NCCCO)cc1. The van der Waals surface area contributed by atoms with Crippen LogP contribution in [0.15, 0.2) is 65.2 Å². The summed E-state index contributed by atoms with van der Waals surface area (Å²) >= 11 is 1.63. The highest BCUT2D eigenvalue weighted by atomic mass is 32.2. The molecule has 3 N–H and O–H groups in total. The van der Waals surface area contributed by atoms with E-state index in [0.29, 0.717) is 18.5 Å². The van der Waals surface area contributed by atoms with Gasteiger partial charge in [0.05, 0.1) is 0 Å². The number of carbonyl (C=O) groups excluding carboxylic acids is 2. The minimum Gasteiger partial charge on any atom is -0.396 e. The van der Waals surface area contributed by atoms with E-state index in [9.17, 15) is 9.59 Å². The molecule has 0 spiro atoms. The predicted octanol–water partition coefficient (Wildman–Crippen LogP) is 2.68. The van der Waals surface area contributed by atoms with Gasteiger partial charge < -0.3 is 15.7 Å². The molecule has 0 aliphatic heterocycles. The lowest BCUT2D eigenvalue weighted by Crippen LogP contribution is -2.35. The first-order valence-corrected chi connectivity index (χ1v) is 9.47. The van der Waals surface area contributed by atoms with Crippen LogP contribution in [0.3, 0.4) is 0 Å². The maximum absolute atomic E-state index is 12.4. The number of aliphatic hydroxyl groups is 1. The number of thioether (sulfide) groups is 1. The van der Waals surface area contributed by atoms with Gasteiger partial charge in [-0.1, -0.05) is 30.3 Å². The summed E-state index contributed by atoms with van der Waals surface area (Å²) in [5, 5.41) is 14.2. The van der Waals surface area contributed by atoms with Gasteiger partial charge in [-0.15, -0.1) is 11.8 Å². The van der Waals surface area contributed by atoms with Crippen molar-refractivity contribution in [3.05, 3.63) is 71.4 Å². The first-order valence-electron chi connectivity index (χ1n) is 8.25. The molecule has 0 saturated heterocycles. The molecule has 0 radical (unpaired) electrons. The van der Waals surface area contributed by atoms with E-state index < -0.39 is 5.91 Å². The number of hydrogen-bond donors (Lipinski definition) is 3. The van der Waals surface area contributed by atoms with E-state index >= 15 is 0 Å². The van der Waals surface area contributed by atoms with E-state index in [2.05, 4.69) is 10.6 Å². The summed E-state index contributed by atoms with van der Waals surface area (Å²) in [7, 11) is 0. The molecule has 5 nitrogen and oxygen atoms in total. The van der Waals surface area contributed by atoms with Crippen molar-refractivity contribution in [2.75, 3.05) is 19.4 Å². The summed E-state index contributed by atoms with van der Waals surface area (Å²) < 4.78 is 0. The summed E-state index contributed by atoms with van der Waals surface area (Å²) in [4.78, 5) is 26.0. The van der Waals surface area contributed by atoms with Gasteiger partial charge in [0, 0.05) is 23.6 Å². The Bertz CT molecular complexity index is 758. The monoisotopic (exact) mass is 370 g/mol. The molecule has 0 saturated carbocycles. The number of benzene rings is 2. The molecule has 2 aromatic carbocycles. The zero-order valence-electron chi connectivity index (χ0n) is 14.6. The molecule has 0 aromatic heterocycles. The van der Waals surface area contributed by atoms with Crippen molar-refractivity contribution in [3.63, 3.8) is 0 Å². The zero-order chi connectivity index (χ0) is 18.8. The van der Waals surface area contributed by atoms with Crippen molar-refractivity contribution in [2.45, 2.75) is 11.3 Å². The molecule has 0 heterocycles. The van der Waals surface area contributed by atoms with Crippen LogP contribution in [0.4, 0.5) is 0 Å². The number of amides is 2. The Morgan fingerprint density at radius 1 is 1.08 bits per heavy atom. The molecule has 2 aromatic rings. The van der Waals surface area contributed by atoms with Gasteiger partial charge in [-0.25, -0.2) is 0 Å². The molecule has 2 amide bonds. The molecule has 0 fully saturated rings. The van der Waals surface area contributed by atoms with Gasteiger partial charge >= 0.3 is 0 Å². The second kappa shape index (κ2) is 10.4. The summed E-state index contributed by atoms with van der Waals surface area (Å²) in [6.45, 7) is 0.325. The highest BCUT2D eigenvalue weighted by Gasteiger charge is 2.14. The molecule has 0 aliphatic rings. The number of carbonyl (C=O) groups is 2. The normalized spacial score (nSPS) is 11.1. The van der Waals surface area contributed by atoms with E-state index in [1.54, 1.807) is 42.1 Å². The maximum atomic E-state index is 12.4. The molecule has 136 valence electrons. The average molecular weight is 370 g/mol. The molecule has 0 bridgehead atoms. The van der Waals surface area contributed by atoms with Crippen LogP contribution in [-0.2, 0) is 4.79 Å². The van der Waals surface area contributed by atoms with Crippen LogP contribution in [-0.4, -0.2) is 36.3 Å². The Morgan fingerprint density at radius 3 is 2.38 bits per heavy atom. The fourth-order valence-electron chi connectivity index (χ4n) is 2.19. The van der Waals surface area contributed by atoms with Crippen molar-refractivity contribution in [1.82, 2.24) is 10.6 Å². The minimum atomic E-state index is -0.392. The van der Waals surface area contributed by atoms with Crippen LogP contribution in [0.5, 0.6) is 0 Å². The quantitative estimate of drug-likeness (QED) is 0.379. The van der Waals surface area contributed by atoms with Gasteiger partial charge in [0.2, 0.25) is 0 Å². The van der Waals surface area contributed by atoms with Crippen molar-refractivity contribution >= 4 is 29.7 Å². The second-order valence-corrected chi connectivity index (χ2v) is 6.36. The Hall–Kier alpha value is -2.57. The Balaban J connectivity index is 2.21. The van der Waals surface area contributed by atoms with Crippen LogP contribution in [0.2, 0.25) is 0 Å². The van der Waals surface area contributed by atoms with Crippen LogP contribution in [0.1, 0.15) is 22.3 Å². The van der Waals surface area contributed by atoms with Gasteiger partial charge in [0.25, 0.3) is 11.8 Å². The fourth-order valence-corrected chi connectivity index (χ4v) is 2.59. The lowest BCUT2D eigenvalue weighted by molar-refractivity contribution is -0.117. The van der Waals surface area contributed by atoms with Crippen LogP contribution >= 0.6 is 11.8 Å². The summed E-state index contributed by atoms with van der Waals surface area (Å²) in [6.07, 6.45) is 4.08. The van der Waals surface area contributed by atoms with Crippen LogP contribution < -0.4 is 10.6 Å². The van der Waals surface area contributed by atoms with Crippen LogP contribution in [0.25, 0.3) is 6.08 Å². The first-order chi connectivity index (χ1) is 12.6. The Morgan fingerprint density at radius 2 is 1.77 bits per heavy atom. The Kier molecular flexibility index (Phi) is 7.92. The summed E-state index contributed by atoms with van der Waals surface area (Å²) in [5.41, 5.74) is 1.44. The molecule has 0 aliphatic carbocycles. The molecule has 0 atom stereocenters. The molecule has 26 heavy (non-hydrogen) atoms.